The fraction of sp³-hybridized carbons (Fsp3) is 0.738. The largest absolute Gasteiger partial charge is 0.394 e. The van der Waals surface area contributed by atoms with Gasteiger partial charge in [0.15, 0.2) is 12.6 Å². The SMILES string of the molecule is CC/C=C\C/C=C\C/C=C\C/C=C\C/C=C\C/C=C\C/C=C\C/C=C\CCCCCCCCCCC(=O)NC(COC1OC(CO)C(OC2OC(CO)C(O)C(O)C2O)C(O)C1O)C(O)/C=C/CC/C=C/CCCCCCCCCCCCCCCCCCCCCCC. The van der Waals surface area contributed by atoms with Gasteiger partial charge in [0.1, 0.15) is 48.8 Å². The van der Waals surface area contributed by atoms with Gasteiger partial charge in [0.2, 0.25) is 5.91 Å². The van der Waals surface area contributed by atoms with Crippen LogP contribution in [0.2, 0.25) is 0 Å². The van der Waals surface area contributed by atoms with Gasteiger partial charge in [0.25, 0.3) is 0 Å². The maximum Gasteiger partial charge on any atom is 0.220 e. The predicted molar refractivity (Wildman–Crippen MR) is 387 cm³/mol. The van der Waals surface area contributed by atoms with Gasteiger partial charge in [-0.2, -0.15) is 0 Å². The lowest BCUT2D eigenvalue weighted by atomic mass is 9.97. The van der Waals surface area contributed by atoms with Crippen LogP contribution in [-0.4, -0.2) is 140 Å². The van der Waals surface area contributed by atoms with E-state index in [0.29, 0.717) is 12.8 Å². The van der Waals surface area contributed by atoms with Crippen LogP contribution in [0.3, 0.4) is 0 Å². The van der Waals surface area contributed by atoms with Crippen molar-refractivity contribution < 1.29 is 64.6 Å². The van der Waals surface area contributed by atoms with Crippen LogP contribution in [0.4, 0.5) is 0 Å². The van der Waals surface area contributed by atoms with E-state index in [1.807, 2.05) is 6.08 Å². The first-order valence-electron chi connectivity index (χ1n) is 37.8. The van der Waals surface area contributed by atoms with Crippen molar-refractivity contribution in [1.29, 1.82) is 0 Å². The van der Waals surface area contributed by atoms with Crippen LogP contribution in [0.1, 0.15) is 284 Å². The third-order valence-electron chi connectivity index (χ3n) is 17.6. The highest BCUT2D eigenvalue weighted by molar-refractivity contribution is 5.76. The molecule has 2 aliphatic heterocycles. The topological polar surface area (TPSA) is 228 Å². The second kappa shape index (κ2) is 62.9. The summed E-state index contributed by atoms with van der Waals surface area (Å²) < 4.78 is 22.9. The van der Waals surface area contributed by atoms with Crippen molar-refractivity contribution >= 4 is 5.91 Å². The molecule has 0 aromatic carbocycles. The molecule has 2 rings (SSSR count). The van der Waals surface area contributed by atoms with Gasteiger partial charge in [-0.15, -0.1) is 0 Å². The Morgan fingerprint density at radius 2 is 0.745 bits per heavy atom. The summed E-state index contributed by atoms with van der Waals surface area (Å²) >= 11 is 0. The average molecular weight is 1320 g/mol. The summed E-state index contributed by atoms with van der Waals surface area (Å²) in [6.07, 6.45) is 75.4. The van der Waals surface area contributed by atoms with Gasteiger partial charge >= 0.3 is 0 Å². The summed E-state index contributed by atoms with van der Waals surface area (Å²) in [7, 11) is 0. The summed E-state index contributed by atoms with van der Waals surface area (Å²) in [4.78, 5) is 13.4. The van der Waals surface area contributed by atoms with Gasteiger partial charge in [0.05, 0.1) is 32.0 Å². The second-order valence-electron chi connectivity index (χ2n) is 26.0. The van der Waals surface area contributed by atoms with Crippen LogP contribution < -0.4 is 5.32 Å². The number of amides is 1. The van der Waals surface area contributed by atoms with E-state index in [1.54, 1.807) is 6.08 Å². The molecule has 12 unspecified atom stereocenters. The molecule has 0 spiro atoms. The molecule has 0 radical (unpaired) electrons. The molecule has 14 nitrogen and oxygen atoms in total. The lowest BCUT2D eigenvalue weighted by molar-refractivity contribution is -0.359. The lowest BCUT2D eigenvalue weighted by Gasteiger charge is -2.46. The van der Waals surface area contributed by atoms with Crippen molar-refractivity contribution in [1.82, 2.24) is 5.32 Å². The maximum absolute atomic E-state index is 13.4. The molecule has 0 aromatic heterocycles. The van der Waals surface area contributed by atoms with Crippen molar-refractivity contribution in [2.75, 3.05) is 19.8 Å². The van der Waals surface area contributed by atoms with Crippen molar-refractivity contribution in [2.45, 2.75) is 357 Å². The smallest absolute Gasteiger partial charge is 0.220 e. The van der Waals surface area contributed by atoms with Crippen LogP contribution in [0.25, 0.3) is 0 Å². The van der Waals surface area contributed by atoms with E-state index in [-0.39, 0.29) is 18.9 Å². The Balaban J connectivity index is 1.68. The van der Waals surface area contributed by atoms with Crippen LogP contribution in [0, 0.1) is 0 Å². The highest BCUT2D eigenvalue weighted by atomic mass is 16.7. The van der Waals surface area contributed by atoms with Gasteiger partial charge in [0, 0.05) is 6.42 Å². The number of nitrogens with one attached hydrogen (secondary N) is 1. The number of hydrogen-bond donors (Lipinski definition) is 9. The zero-order chi connectivity index (χ0) is 68.0. The van der Waals surface area contributed by atoms with Gasteiger partial charge in [-0.1, -0.05) is 302 Å². The van der Waals surface area contributed by atoms with E-state index < -0.39 is 86.8 Å². The molecule has 14 heteroatoms. The van der Waals surface area contributed by atoms with Crippen molar-refractivity contribution in [3.05, 3.63) is 122 Å². The van der Waals surface area contributed by atoms with E-state index in [2.05, 4.69) is 129 Å². The monoisotopic (exact) mass is 1320 g/mol. The third kappa shape index (κ3) is 45.8. The highest BCUT2D eigenvalue weighted by Crippen LogP contribution is 2.30. The molecule has 2 heterocycles. The molecule has 9 N–H and O–H groups in total. The van der Waals surface area contributed by atoms with Gasteiger partial charge in [-0.05, 0) is 96.3 Å². The number of carbonyl (C=O) groups is 1. The first-order chi connectivity index (χ1) is 46.1. The molecule has 0 aliphatic carbocycles. The average Bonchev–Trinajstić information content (AvgIpc) is 0.794. The minimum atomic E-state index is -1.80. The molecule has 540 valence electrons. The number of aliphatic hydroxyl groups excluding tert-OH is 8. The zero-order valence-corrected chi connectivity index (χ0v) is 58.9. The van der Waals surface area contributed by atoms with E-state index in [1.165, 1.54) is 154 Å². The van der Waals surface area contributed by atoms with Crippen molar-refractivity contribution in [2.24, 2.45) is 0 Å². The molecule has 12 atom stereocenters. The number of allylic oxidation sites excluding steroid dienone is 19. The van der Waals surface area contributed by atoms with Crippen LogP contribution in [0.15, 0.2) is 122 Å². The summed E-state index contributed by atoms with van der Waals surface area (Å²) in [5.41, 5.74) is 0. The Morgan fingerprint density at radius 3 is 1.17 bits per heavy atom. The molecule has 2 aliphatic rings. The number of aliphatic hydroxyl groups is 8. The Kier molecular flexibility index (Phi) is 57.8. The highest BCUT2D eigenvalue weighted by Gasteiger charge is 2.51. The summed E-state index contributed by atoms with van der Waals surface area (Å²) in [5.74, 6) is -0.260. The summed E-state index contributed by atoms with van der Waals surface area (Å²) in [6.45, 7) is 2.68. The summed E-state index contributed by atoms with van der Waals surface area (Å²) in [6, 6.07) is -0.947. The number of rotatable bonds is 61. The molecule has 2 saturated heterocycles. The molecule has 94 heavy (non-hydrogen) atoms. The molecule has 0 bridgehead atoms. The number of hydrogen-bond acceptors (Lipinski definition) is 13. The van der Waals surface area contributed by atoms with Crippen LogP contribution in [-0.2, 0) is 23.7 Å². The number of ether oxygens (including phenoxy) is 4. The lowest BCUT2D eigenvalue weighted by Crippen LogP contribution is -2.65. The molecule has 1 amide bonds. The predicted octanol–water partition coefficient (Wildman–Crippen LogP) is 16.5. The minimum Gasteiger partial charge on any atom is -0.394 e. The van der Waals surface area contributed by atoms with Crippen molar-refractivity contribution in [3.8, 4) is 0 Å². The zero-order valence-electron chi connectivity index (χ0n) is 58.9. The molecule has 2 fully saturated rings. The van der Waals surface area contributed by atoms with Crippen molar-refractivity contribution in [3.63, 3.8) is 0 Å². The van der Waals surface area contributed by atoms with E-state index in [4.69, 9.17) is 18.9 Å². The Labute approximate surface area is 571 Å². The normalized spacial score (nSPS) is 23.2. The van der Waals surface area contributed by atoms with E-state index >= 15 is 0 Å². The Morgan fingerprint density at radius 1 is 0.394 bits per heavy atom. The standard InChI is InChI=1S/C80H137NO13/c1-3-5-7-9-11-13-15-17-19-21-23-25-27-29-31-32-33-34-35-36-38-40-42-44-46-48-50-52-54-56-58-60-62-64-72(85)81-68(67-91-79-77(90)75(88)78(71(66-83)93-79)94-80-76(89)74(87)73(86)70(65-82)92-80)69(84)63-61-59-57-55-53-51-49-47-45-43-41-39-37-30-28-26-24-22-20-18-16-14-12-10-8-6-4-2/h5,7,11,13,17,19,23,25,29,31,33-34,36,38,42,44,53,55,61,63,68-71,73-80,82-84,86-90H,3-4,6,8-10,12,14-16,18,20-22,24,26-28,30,32,35,37,39-41,43,45-52,54,56-60,62,64-67H2,1-2H3,(H,81,85)/b7-5-,13-11-,19-17-,25-23-,31-29-,34-33-,38-36-,44-42-,55-53+,63-61+. The fourth-order valence-corrected chi connectivity index (χ4v) is 11.7. The molecular formula is C80H137NO13. The fourth-order valence-electron chi connectivity index (χ4n) is 11.7. The van der Waals surface area contributed by atoms with E-state index in [0.717, 1.165) is 96.3 Å². The minimum absolute atomic E-state index is 0.256. The first kappa shape index (κ1) is 86.5. The first-order valence-corrected chi connectivity index (χ1v) is 37.8. The van der Waals surface area contributed by atoms with E-state index in [9.17, 15) is 45.6 Å². The summed E-state index contributed by atoms with van der Waals surface area (Å²) in [5, 5.41) is 87.6. The Bertz CT molecular complexity index is 2040. The molecular weight excluding hydrogens is 1180 g/mol. The van der Waals surface area contributed by atoms with Gasteiger partial charge in [-0.3, -0.25) is 4.79 Å². The third-order valence-corrected chi connectivity index (χ3v) is 17.6. The molecule has 0 saturated carbocycles. The van der Waals surface area contributed by atoms with Gasteiger partial charge in [-0.25, -0.2) is 0 Å². The van der Waals surface area contributed by atoms with Gasteiger partial charge < -0.3 is 65.1 Å². The molecule has 0 aromatic rings. The maximum atomic E-state index is 13.4. The quantitative estimate of drug-likeness (QED) is 0.0204. The number of unbranched alkanes of at least 4 members (excludes halogenated alkanes) is 30. The number of carbonyl (C=O) groups excluding carboxylic acids is 1. The Hall–Kier alpha value is -3.61. The van der Waals surface area contributed by atoms with Crippen LogP contribution in [0.5, 0.6) is 0 Å². The van der Waals surface area contributed by atoms with Crippen LogP contribution >= 0.6 is 0 Å². The second-order valence-corrected chi connectivity index (χ2v) is 26.0.